The molecule has 0 spiro atoms. The number of anilines is 1. The molecule has 1 N–H and O–H groups in total. The molecule has 0 amide bonds. The molecule has 1 aromatic carbocycles. The summed E-state index contributed by atoms with van der Waals surface area (Å²) in [5, 5.41) is 1.29. The molecule has 3 heterocycles. The number of benzene rings is 1. The summed E-state index contributed by atoms with van der Waals surface area (Å²) in [5.41, 5.74) is 3.66. The van der Waals surface area contributed by atoms with Crippen LogP contribution in [0.15, 0.2) is 42.9 Å². The van der Waals surface area contributed by atoms with E-state index in [-0.39, 0.29) is 0 Å². The van der Waals surface area contributed by atoms with Crippen molar-refractivity contribution in [2.24, 2.45) is 0 Å². The van der Waals surface area contributed by atoms with Crippen LogP contribution in [0.4, 0.5) is 5.82 Å². The minimum atomic E-state index is 0.977. The minimum absolute atomic E-state index is 0.977. The maximum absolute atomic E-state index is 4.43. The SMILES string of the molecule is Cc1cncnc1N1CCN(Cc2cc3ccccc3[nH]2)CC1. The summed E-state index contributed by atoms with van der Waals surface area (Å²) in [6, 6.07) is 10.7. The maximum Gasteiger partial charge on any atom is 0.134 e. The van der Waals surface area contributed by atoms with Gasteiger partial charge >= 0.3 is 0 Å². The quantitative estimate of drug-likeness (QED) is 0.808. The molecular weight excluding hydrogens is 286 g/mol. The Morgan fingerprint density at radius 3 is 2.74 bits per heavy atom. The van der Waals surface area contributed by atoms with Crippen LogP contribution in [0, 0.1) is 6.92 Å². The monoisotopic (exact) mass is 307 g/mol. The summed E-state index contributed by atoms with van der Waals surface area (Å²) in [6.07, 6.45) is 3.53. The number of fused-ring (bicyclic) bond motifs is 1. The van der Waals surface area contributed by atoms with E-state index in [1.807, 2.05) is 6.20 Å². The second-order valence-electron chi connectivity index (χ2n) is 6.17. The number of piperazine rings is 1. The van der Waals surface area contributed by atoms with E-state index in [9.17, 15) is 0 Å². The molecule has 1 aliphatic rings. The molecule has 1 fully saturated rings. The van der Waals surface area contributed by atoms with E-state index in [0.717, 1.165) is 44.1 Å². The third kappa shape index (κ3) is 2.92. The van der Waals surface area contributed by atoms with E-state index >= 15 is 0 Å². The van der Waals surface area contributed by atoms with Crippen LogP contribution >= 0.6 is 0 Å². The third-order valence-corrected chi connectivity index (χ3v) is 4.52. The van der Waals surface area contributed by atoms with Gasteiger partial charge in [0.1, 0.15) is 12.1 Å². The molecular formula is C18H21N5. The van der Waals surface area contributed by atoms with Crippen molar-refractivity contribution in [1.82, 2.24) is 19.9 Å². The molecule has 23 heavy (non-hydrogen) atoms. The standard InChI is InChI=1S/C18H21N5/c1-14-11-19-13-20-18(14)23-8-6-22(7-9-23)12-16-10-15-4-2-3-5-17(15)21-16/h2-5,10-11,13,21H,6-9,12H2,1H3. The Labute approximate surface area is 136 Å². The average Bonchev–Trinajstić information content (AvgIpc) is 2.98. The van der Waals surface area contributed by atoms with Crippen molar-refractivity contribution < 1.29 is 0 Å². The summed E-state index contributed by atoms with van der Waals surface area (Å²) in [6.45, 7) is 7.19. The van der Waals surface area contributed by atoms with Gasteiger partial charge in [0.05, 0.1) is 0 Å². The highest BCUT2D eigenvalue weighted by molar-refractivity contribution is 5.80. The summed E-state index contributed by atoms with van der Waals surface area (Å²) in [5.74, 6) is 1.07. The number of rotatable bonds is 3. The van der Waals surface area contributed by atoms with Crippen LogP contribution < -0.4 is 4.90 Å². The van der Waals surface area contributed by atoms with Crippen LogP contribution in [0.5, 0.6) is 0 Å². The number of nitrogens with zero attached hydrogens (tertiary/aromatic N) is 4. The third-order valence-electron chi connectivity index (χ3n) is 4.52. The number of aryl methyl sites for hydroxylation is 1. The number of aromatic nitrogens is 3. The zero-order chi connectivity index (χ0) is 15.6. The zero-order valence-electron chi connectivity index (χ0n) is 13.4. The first-order valence-electron chi connectivity index (χ1n) is 8.10. The smallest absolute Gasteiger partial charge is 0.134 e. The predicted octanol–water partition coefficient (Wildman–Crippen LogP) is 2.59. The van der Waals surface area contributed by atoms with Crippen molar-refractivity contribution in [3.8, 4) is 0 Å². The number of nitrogens with one attached hydrogen (secondary N) is 1. The van der Waals surface area contributed by atoms with Gasteiger partial charge in [-0.05, 0) is 24.4 Å². The van der Waals surface area contributed by atoms with Gasteiger partial charge in [-0.15, -0.1) is 0 Å². The van der Waals surface area contributed by atoms with E-state index in [0.29, 0.717) is 0 Å². The molecule has 5 heteroatoms. The first-order chi connectivity index (χ1) is 11.3. The summed E-state index contributed by atoms with van der Waals surface area (Å²) < 4.78 is 0. The zero-order valence-corrected chi connectivity index (χ0v) is 13.4. The van der Waals surface area contributed by atoms with E-state index < -0.39 is 0 Å². The number of H-pyrrole nitrogens is 1. The Morgan fingerprint density at radius 2 is 1.96 bits per heavy atom. The molecule has 0 bridgehead atoms. The summed E-state index contributed by atoms with van der Waals surface area (Å²) in [4.78, 5) is 16.9. The molecule has 0 radical (unpaired) electrons. The van der Waals surface area contributed by atoms with Gasteiger partial charge in [0.15, 0.2) is 0 Å². The van der Waals surface area contributed by atoms with Crippen LogP contribution in [0.1, 0.15) is 11.3 Å². The molecule has 0 atom stereocenters. The number of hydrogen-bond acceptors (Lipinski definition) is 4. The van der Waals surface area contributed by atoms with Gasteiger partial charge in [-0.25, -0.2) is 9.97 Å². The van der Waals surface area contributed by atoms with Crippen LogP contribution in [-0.4, -0.2) is 46.0 Å². The molecule has 2 aromatic heterocycles. The largest absolute Gasteiger partial charge is 0.357 e. The van der Waals surface area contributed by atoms with Gasteiger partial charge in [0.2, 0.25) is 0 Å². The van der Waals surface area contributed by atoms with E-state index in [1.165, 1.54) is 16.6 Å². The lowest BCUT2D eigenvalue weighted by Crippen LogP contribution is -2.46. The van der Waals surface area contributed by atoms with Crippen molar-refractivity contribution >= 4 is 16.7 Å². The molecule has 0 unspecified atom stereocenters. The fourth-order valence-corrected chi connectivity index (χ4v) is 3.30. The first kappa shape index (κ1) is 14.2. The van der Waals surface area contributed by atoms with Gasteiger partial charge < -0.3 is 9.88 Å². The Bertz CT molecular complexity index is 769. The number of hydrogen-bond donors (Lipinski definition) is 1. The lowest BCUT2D eigenvalue weighted by Gasteiger charge is -2.35. The van der Waals surface area contributed by atoms with Crippen LogP contribution in [-0.2, 0) is 6.54 Å². The second-order valence-corrected chi connectivity index (χ2v) is 6.17. The van der Waals surface area contributed by atoms with Gasteiger partial charge in [-0.2, -0.15) is 0 Å². The molecule has 0 saturated carbocycles. The molecule has 0 aliphatic carbocycles. The lowest BCUT2D eigenvalue weighted by molar-refractivity contribution is 0.247. The number of aromatic amines is 1. The molecule has 4 rings (SSSR count). The first-order valence-corrected chi connectivity index (χ1v) is 8.10. The van der Waals surface area contributed by atoms with Crippen LogP contribution in [0.25, 0.3) is 10.9 Å². The average molecular weight is 307 g/mol. The Kier molecular flexibility index (Phi) is 3.71. The number of para-hydroxylation sites is 1. The topological polar surface area (TPSA) is 48.1 Å². The lowest BCUT2D eigenvalue weighted by atomic mass is 10.2. The normalized spacial score (nSPS) is 16.1. The summed E-state index contributed by atoms with van der Waals surface area (Å²) in [7, 11) is 0. The Morgan fingerprint density at radius 1 is 1.13 bits per heavy atom. The highest BCUT2D eigenvalue weighted by Crippen LogP contribution is 2.19. The summed E-state index contributed by atoms with van der Waals surface area (Å²) >= 11 is 0. The van der Waals surface area contributed by atoms with Crippen molar-refractivity contribution in [3.63, 3.8) is 0 Å². The highest BCUT2D eigenvalue weighted by Gasteiger charge is 2.19. The van der Waals surface area contributed by atoms with Crippen LogP contribution in [0.3, 0.4) is 0 Å². The Balaban J connectivity index is 1.41. The van der Waals surface area contributed by atoms with Crippen molar-refractivity contribution in [3.05, 3.63) is 54.1 Å². The Hall–Kier alpha value is -2.40. The molecule has 3 aromatic rings. The van der Waals surface area contributed by atoms with Crippen molar-refractivity contribution in [2.45, 2.75) is 13.5 Å². The highest BCUT2D eigenvalue weighted by atomic mass is 15.3. The van der Waals surface area contributed by atoms with E-state index in [4.69, 9.17) is 0 Å². The van der Waals surface area contributed by atoms with Gasteiger partial charge in [-0.1, -0.05) is 18.2 Å². The molecule has 118 valence electrons. The minimum Gasteiger partial charge on any atom is -0.357 e. The molecule has 1 aliphatic heterocycles. The second kappa shape index (κ2) is 6.01. The van der Waals surface area contributed by atoms with Crippen molar-refractivity contribution in [2.75, 3.05) is 31.1 Å². The fraction of sp³-hybridized carbons (Fsp3) is 0.333. The van der Waals surface area contributed by atoms with Crippen molar-refractivity contribution in [1.29, 1.82) is 0 Å². The van der Waals surface area contributed by atoms with Gasteiger partial charge in [0.25, 0.3) is 0 Å². The molecule has 1 saturated heterocycles. The molecule has 5 nitrogen and oxygen atoms in total. The van der Waals surface area contributed by atoms with Gasteiger partial charge in [-0.3, -0.25) is 4.90 Å². The fourth-order valence-electron chi connectivity index (χ4n) is 3.30. The van der Waals surface area contributed by atoms with Crippen LogP contribution in [0.2, 0.25) is 0 Å². The van der Waals surface area contributed by atoms with E-state index in [2.05, 4.69) is 62.0 Å². The predicted molar refractivity (Wildman–Crippen MR) is 92.6 cm³/mol. The van der Waals surface area contributed by atoms with E-state index in [1.54, 1.807) is 6.33 Å². The van der Waals surface area contributed by atoms with Gasteiger partial charge in [0, 0.05) is 55.7 Å². The maximum atomic E-state index is 4.43.